The summed E-state index contributed by atoms with van der Waals surface area (Å²) >= 11 is 0. The van der Waals surface area contributed by atoms with E-state index in [-0.39, 0.29) is 23.8 Å². The molecular formula is C19H22N4O4S. The molecule has 0 radical (unpaired) electrons. The van der Waals surface area contributed by atoms with Crippen LogP contribution in [0, 0.1) is 6.92 Å². The van der Waals surface area contributed by atoms with Gasteiger partial charge in [-0.1, -0.05) is 35.5 Å². The van der Waals surface area contributed by atoms with Gasteiger partial charge in [0.15, 0.2) is 5.82 Å². The second kappa shape index (κ2) is 8.94. The van der Waals surface area contributed by atoms with Crippen LogP contribution in [-0.2, 0) is 21.2 Å². The van der Waals surface area contributed by atoms with Gasteiger partial charge in [0.2, 0.25) is 21.8 Å². The van der Waals surface area contributed by atoms with Crippen LogP contribution in [0.15, 0.2) is 51.9 Å². The van der Waals surface area contributed by atoms with Crippen LogP contribution in [0.2, 0.25) is 0 Å². The van der Waals surface area contributed by atoms with Crippen molar-refractivity contribution in [2.75, 3.05) is 13.1 Å². The van der Waals surface area contributed by atoms with E-state index < -0.39 is 10.0 Å². The van der Waals surface area contributed by atoms with E-state index >= 15 is 0 Å². The molecule has 8 nitrogen and oxygen atoms in total. The van der Waals surface area contributed by atoms with Gasteiger partial charge in [-0.3, -0.25) is 4.79 Å². The van der Waals surface area contributed by atoms with E-state index in [1.165, 1.54) is 0 Å². The highest BCUT2D eigenvalue weighted by molar-refractivity contribution is 7.89. The summed E-state index contributed by atoms with van der Waals surface area (Å²) in [7, 11) is -3.66. The van der Waals surface area contributed by atoms with Crippen molar-refractivity contribution >= 4 is 26.7 Å². The summed E-state index contributed by atoms with van der Waals surface area (Å²) in [6.45, 7) is 2.23. The number of aryl methyl sites for hydroxylation is 2. The molecule has 0 unspecified atom stereocenters. The Kier molecular flexibility index (Phi) is 6.37. The summed E-state index contributed by atoms with van der Waals surface area (Å²) in [5, 5.41) is 8.26. The van der Waals surface area contributed by atoms with Gasteiger partial charge < -0.3 is 9.84 Å². The number of benzene rings is 2. The van der Waals surface area contributed by atoms with Crippen LogP contribution in [0.4, 0.5) is 0 Å². The molecule has 1 aromatic heterocycles. The van der Waals surface area contributed by atoms with Gasteiger partial charge in [-0.25, -0.2) is 13.1 Å². The van der Waals surface area contributed by atoms with Gasteiger partial charge >= 0.3 is 0 Å². The van der Waals surface area contributed by atoms with Crippen molar-refractivity contribution in [3.63, 3.8) is 0 Å². The van der Waals surface area contributed by atoms with Crippen LogP contribution in [0.5, 0.6) is 0 Å². The Morgan fingerprint density at radius 2 is 1.89 bits per heavy atom. The molecule has 0 aliphatic carbocycles. The third kappa shape index (κ3) is 5.37. The third-order valence-corrected chi connectivity index (χ3v) is 5.59. The van der Waals surface area contributed by atoms with E-state index in [9.17, 15) is 13.2 Å². The van der Waals surface area contributed by atoms with Crippen molar-refractivity contribution in [1.29, 1.82) is 0 Å². The minimum Gasteiger partial charge on any atom is -0.356 e. The number of amides is 1. The summed E-state index contributed by atoms with van der Waals surface area (Å²) in [5.41, 5.74) is 0. The van der Waals surface area contributed by atoms with E-state index in [4.69, 9.17) is 4.52 Å². The van der Waals surface area contributed by atoms with Gasteiger partial charge in [-0.2, -0.15) is 4.98 Å². The average Bonchev–Trinajstić information content (AvgIpc) is 3.10. The molecular weight excluding hydrogens is 380 g/mol. The standard InChI is InChI=1S/C19H22N4O4S/c1-14-22-19(27-23-14)7-4-11-20-18(24)10-12-21-28(25,26)17-9-8-15-5-2-3-6-16(15)13-17/h2-3,5-6,8-9,13,21H,4,7,10-12H2,1H3,(H,20,24). The lowest BCUT2D eigenvalue weighted by atomic mass is 10.1. The number of fused-ring (bicyclic) bond motifs is 1. The Bertz CT molecular complexity index is 1060. The molecule has 3 rings (SSSR count). The number of sulfonamides is 1. The molecule has 0 saturated heterocycles. The fourth-order valence-corrected chi connectivity index (χ4v) is 3.78. The molecule has 0 saturated carbocycles. The number of nitrogens with zero attached hydrogens (tertiary/aromatic N) is 2. The average molecular weight is 402 g/mol. The molecule has 2 aromatic carbocycles. The molecule has 0 aliphatic heterocycles. The number of carbonyl (C=O) groups is 1. The Hall–Kier alpha value is -2.78. The quantitative estimate of drug-likeness (QED) is 0.529. The van der Waals surface area contributed by atoms with E-state index in [1.807, 2.05) is 24.3 Å². The van der Waals surface area contributed by atoms with E-state index in [0.717, 1.165) is 10.8 Å². The molecule has 3 aromatic rings. The molecule has 148 valence electrons. The number of nitrogens with one attached hydrogen (secondary N) is 2. The smallest absolute Gasteiger partial charge is 0.240 e. The van der Waals surface area contributed by atoms with Crippen LogP contribution in [-0.4, -0.2) is 37.6 Å². The third-order valence-electron chi connectivity index (χ3n) is 4.13. The predicted molar refractivity (Wildman–Crippen MR) is 104 cm³/mol. The lowest BCUT2D eigenvalue weighted by Gasteiger charge is -2.08. The van der Waals surface area contributed by atoms with Gasteiger partial charge in [0.1, 0.15) is 0 Å². The van der Waals surface area contributed by atoms with Crippen molar-refractivity contribution in [2.24, 2.45) is 0 Å². The highest BCUT2D eigenvalue weighted by atomic mass is 32.2. The lowest BCUT2D eigenvalue weighted by molar-refractivity contribution is -0.120. The summed E-state index contributed by atoms with van der Waals surface area (Å²) in [6, 6.07) is 12.5. The number of carbonyl (C=O) groups excluding carboxylic acids is 1. The monoisotopic (exact) mass is 402 g/mol. The number of aromatic nitrogens is 2. The van der Waals surface area contributed by atoms with E-state index in [1.54, 1.807) is 25.1 Å². The maximum Gasteiger partial charge on any atom is 0.240 e. The van der Waals surface area contributed by atoms with Crippen molar-refractivity contribution < 1.29 is 17.7 Å². The molecule has 1 heterocycles. The summed E-state index contributed by atoms with van der Waals surface area (Å²) in [4.78, 5) is 16.1. The van der Waals surface area contributed by atoms with Gasteiger partial charge in [0, 0.05) is 25.9 Å². The molecule has 28 heavy (non-hydrogen) atoms. The normalized spacial score (nSPS) is 11.6. The van der Waals surface area contributed by atoms with Crippen molar-refractivity contribution in [2.45, 2.75) is 31.1 Å². The number of hydrogen-bond acceptors (Lipinski definition) is 6. The fraction of sp³-hybridized carbons (Fsp3) is 0.316. The Balaban J connectivity index is 1.42. The van der Waals surface area contributed by atoms with Crippen molar-refractivity contribution in [3.8, 4) is 0 Å². The SMILES string of the molecule is Cc1noc(CCCNC(=O)CCNS(=O)(=O)c2ccc3ccccc3c2)n1. The minimum absolute atomic E-state index is 0.0316. The molecule has 0 fully saturated rings. The highest BCUT2D eigenvalue weighted by Crippen LogP contribution is 2.18. The van der Waals surface area contributed by atoms with Crippen LogP contribution in [0.25, 0.3) is 10.8 Å². The van der Waals surface area contributed by atoms with E-state index in [2.05, 4.69) is 20.2 Å². The first-order chi connectivity index (χ1) is 13.4. The first kappa shape index (κ1) is 20.0. The minimum atomic E-state index is -3.66. The fourth-order valence-electron chi connectivity index (χ4n) is 2.71. The highest BCUT2D eigenvalue weighted by Gasteiger charge is 2.14. The maximum atomic E-state index is 12.4. The molecule has 0 atom stereocenters. The molecule has 0 bridgehead atoms. The van der Waals surface area contributed by atoms with Gasteiger partial charge in [0.05, 0.1) is 4.90 Å². The van der Waals surface area contributed by atoms with Crippen LogP contribution in [0.1, 0.15) is 24.6 Å². The Morgan fingerprint density at radius 1 is 1.11 bits per heavy atom. The van der Waals surface area contributed by atoms with Crippen molar-refractivity contribution in [1.82, 2.24) is 20.2 Å². The van der Waals surface area contributed by atoms with Gasteiger partial charge in [0.25, 0.3) is 0 Å². The predicted octanol–water partition coefficient (Wildman–Crippen LogP) is 1.95. The van der Waals surface area contributed by atoms with E-state index in [0.29, 0.717) is 31.1 Å². The number of hydrogen-bond donors (Lipinski definition) is 2. The summed E-state index contributed by atoms with van der Waals surface area (Å²) < 4.78 is 32.3. The Morgan fingerprint density at radius 3 is 2.64 bits per heavy atom. The zero-order valence-electron chi connectivity index (χ0n) is 15.5. The summed E-state index contributed by atoms with van der Waals surface area (Å²) in [6.07, 6.45) is 1.30. The first-order valence-corrected chi connectivity index (χ1v) is 10.5. The van der Waals surface area contributed by atoms with Crippen LogP contribution >= 0.6 is 0 Å². The molecule has 0 spiro atoms. The first-order valence-electron chi connectivity index (χ1n) is 8.98. The van der Waals surface area contributed by atoms with Crippen LogP contribution in [0.3, 0.4) is 0 Å². The second-order valence-electron chi connectivity index (χ2n) is 6.35. The maximum absolute atomic E-state index is 12.4. The summed E-state index contributed by atoms with van der Waals surface area (Å²) in [5.74, 6) is 0.899. The molecule has 1 amide bonds. The number of rotatable bonds is 9. The second-order valence-corrected chi connectivity index (χ2v) is 8.11. The van der Waals surface area contributed by atoms with Crippen molar-refractivity contribution in [3.05, 3.63) is 54.2 Å². The lowest BCUT2D eigenvalue weighted by Crippen LogP contribution is -2.31. The molecule has 0 aliphatic rings. The molecule has 9 heteroatoms. The topological polar surface area (TPSA) is 114 Å². The van der Waals surface area contributed by atoms with Gasteiger partial charge in [-0.15, -0.1) is 0 Å². The van der Waals surface area contributed by atoms with Gasteiger partial charge in [-0.05, 0) is 36.2 Å². The zero-order valence-corrected chi connectivity index (χ0v) is 16.3. The Labute approximate surface area is 163 Å². The molecule has 2 N–H and O–H groups in total. The van der Waals surface area contributed by atoms with Crippen LogP contribution < -0.4 is 10.0 Å². The zero-order chi connectivity index (χ0) is 20.0. The largest absolute Gasteiger partial charge is 0.356 e.